The molecule has 0 saturated carbocycles. The Morgan fingerprint density at radius 3 is 2.14 bits per heavy atom. The number of aliphatic carboxylic acids is 1. The van der Waals surface area contributed by atoms with Crippen molar-refractivity contribution >= 4 is 51.7 Å². The highest BCUT2D eigenvalue weighted by Gasteiger charge is 2.28. The predicted molar refractivity (Wildman–Crippen MR) is 219 cm³/mol. The highest BCUT2D eigenvalue weighted by molar-refractivity contribution is 7.17. The molecule has 2 heterocycles. The zero-order chi connectivity index (χ0) is 40.3. The molecule has 0 bridgehead atoms. The van der Waals surface area contributed by atoms with Crippen LogP contribution in [0.2, 0.25) is 0 Å². The largest absolute Gasteiger partial charge is 0.481 e. The minimum absolute atomic E-state index is 0.0407. The van der Waals surface area contributed by atoms with E-state index in [0.29, 0.717) is 54.7 Å². The lowest BCUT2D eigenvalue weighted by Gasteiger charge is -2.35. The lowest BCUT2D eigenvalue weighted by Crippen LogP contribution is -2.43. The molecule has 3 aromatic carbocycles. The van der Waals surface area contributed by atoms with Gasteiger partial charge in [-0.05, 0) is 110 Å². The van der Waals surface area contributed by atoms with Crippen molar-refractivity contribution < 1.29 is 38.9 Å². The quantitative estimate of drug-likeness (QED) is 0.0888. The maximum absolute atomic E-state index is 13.9. The summed E-state index contributed by atoms with van der Waals surface area (Å²) in [5.74, 6) is -2.71. The normalized spacial score (nSPS) is 14.1. The Bertz CT molecular complexity index is 2060. The van der Waals surface area contributed by atoms with E-state index in [9.17, 15) is 24.0 Å². The van der Waals surface area contributed by atoms with E-state index < -0.39 is 11.9 Å². The van der Waals surface area contributed by atoms with E-state index in [-0.39, 0.29) is 42.2 Å². The molecule has 4 N–H and O–H groups in total. The molecule has 1 aliphatic carbocycles. The Hall–Kier alpha value is -5.37. The van der Waals surface area contributed by atoms with Crippen LogP contribution in [0.4, 0.5) is 10.7 Å². The molecule has 1 saturated heterocycles. The smallest absolute Gasteiger partial charge is 0.335 e. The van der Waals surface area contributed by atoms with Crippen molar-refractivity contribution in [1.82, 2.24) is 9.80 Å². The van der Waals surface area contributed by atoms with E-state index in [2.05, 4.69) is 15.5 Å². The second-order valence-electron chi connectivity index (χ2n) is 14.7. The van der Waals surface area contributed by atoms with E-state index in [1.54, 1.807) is 30.1 Å². The lowest BCUT2D eigenvalue weighted by atomic mass is 9.95. The van der Waals surface area contributed by atoms with Gasteiger partial charge < -0.3 is 30.5 Å². The first-order valence-corrected chi connectivity index (χ1v) is 20.4. The first-order chi connectivity index (χ1) is 27.5. The average Bonchev–Trinajstić information content (AvgIpc) is 3.59. The molecule has 57 heavy (non-hydrogen) atoms. The molecule has 2 aliphatic rings. The fraction of sp³-hybridized carbons (Fsp3) is 0.386. The third kappa shape index (κ3) is 11.4. The molecule has 4 aromatic rings. The number of thiophene rings is 1. The summed E-state index contributed by atoms with van der Waals surface area (Å²) in [4.78, 5) is 67.5. The zero-order valence-corrected chi connectivity index (χ0v) is 33.1. The predicted octanol–water partition coefficient (Wildman–Crippen LogP) is 6.92. The first-order valence-electron chi connectivity index (χ1n) is 19.6. The molecule has 0 spiro atoms. The summed E-state index contributed by atoms with van der Waals surface area (Å²) in [5.41, 5.74) is 5.98. The molecule has 1 fully saturated rings. The van der Waals surface area contributed by atoms with Crippen LogP contribution in [-0.4, -0.2) is 89.1 Å². The minimum atomic E-state index is -0.998. The lowest BCUT2D eigenvalue weighted by molar-refractivity contribution is -0.140. The van der Waals surface area contributed by atoms with Gasteiger partial charge in [-0.2, -0.15) is 0 Å². The molecule has 13 heteroatoms. The van der Waals surface area contributed by atoms with Crippen LogP contribution < -0.4 is 10.6 Å². The molecular formula is C44H50N4O8S. The van der Waals surface area contributed by atoms with Gasteiger partial charge in [0.2, 0.25) is 5.91 Å². The van der Waals surface area contributed by atoms with Crippen molar-refractivity contribution in [3.63, 3.8) is 0 Å². The van der Waals surface area contributed by atoms with Gasteiger partial charge in [-0.1, -0.05) is 36.4 Å². The number of nitrogens with zero attached hydrogens (tertiary/aromatic N) is 2. The zero-order valence-electron chi connectivity index (χ0n) is 32.3. The molecule has 0 unspecified atom stereocenters. The molecule has 0 radical (unpaired) electrons. The van der Waals surface area contributed by atoms with Gasteiger partial charge in [0.25, 0.3) is 11.8 Å². The van der Waals surface area contributed by atoms with E-state index in [1.165, 1.54) is 11.3 Å². The number of anilines is 2. The van der Waals surface area contributed by atoms with E-state index in [4.69, 9.17) is 14.9 Å². The van der Waals surface area contributed by atoms with Crippen LogP contribution in [0.5, 0.6) is 0 Å². The van der Waals surface area contributed by atoms with Gasteiger partial charge in [0.15, 0.2) is 0 Å². The van der Waals surface area contributed by atoms with Crippen LogP contribution in [0.1, 0.15) is 96.7 Å². The Balaban J connectivity index is 1.11. The van der Waals surface area contributed by atoms with Crippen LogP contribution in [0, 0.1) is 0 Å². The fourth-order valence-electron chi connectivity index (χ4n) is 7.41. The first kappa shape index (κ1) is 41.3. The number of carboxylic acid groups (broad SMARTS) is 2. The molecular weight excluding hydrogens is 745 g/mol. The molecule has 3 amide bonds. The molecule has 300 valence electrons. The van der Waals surface area contributed by atoms with Crippen molar-refractivity contribution in [1.29, 1.82) is 0 Å². The third-order valence-corrected chi connectivity index (χ3v) is 11.9. The molecule has 1 aliphatic heterocycles. The maximum atomic E-state index is 13.9. The van der Waals surface area contributed by atoms with Gasteiger partial charge >= 0.3 is 11.9 Å². The highest BCUT2D eigenvalue weighted by Crippen LogP contribution is 2.39. The summed E-state index contributed by atoms with van der Waals surface area (Å²) >= 11 is 1.47. The third-order valence-electron chi connectivity index (χ3n) is 10.7. The Kier molecular flexibility index (Phi) is 14.2. The maximum Gasteiger partial charge on any atom is 0.335 e. The van der Waals surface area contributed by atoms with Crippen LogP contribution in [0.3, 0.4) is 0 Å². The van der Waals surface area contributed by atoms with Crippen molar-refractivity contribution in [3.8, 4) is 0 Å². The number of carbonyl (C=O) groups excluding carboxylic acids is 3. The standard InChI is InChI=1S/C44H50N4O8S/c1-47(38(49)19-20-39(50)51)23-24-48(35-21-25-56-26-22-35)28-31-5-4-6-33(27-31)41(52)46-43-40(36-7-2-3-8-37(36)57-43)42(53)45-34-17-13-30(14-18-34)10-9-29-11-15-32(16-12-29)44(54)55/h4-6,11-18,27,35H,2-3,7-10,19-26,28H2,1H3,(H,45,53)(H,46,52)(H,50,51)(H,54,55). The summed E-state index contributed by atoms with van der Waals surface area (Å²) in [5, 5.41) is 24.8. The van der Waals surface area contributed by atoms with E-state index in [0.717, 1.165) is 78.5 Å². The number of rotatable bonds is 17. The number of nitrogens with one attached hydrogen (secondary N) is 2. The number of ether oxygens (including phenoxy) is 1. The summed E-state index contributed by atoms with van der Waals surface area (Å²) in [6.45, 7) is 2.89. The number of fused-ring (bicyclic) bond motifs is 1. The summed E-state index contributed by atoms with van der Waals surface area (Å²) in [6.07, 6.45) is 6.62. The second-order valence-corrected chi connectivity index (χ2v) is 15.9. The SMILES string of the molecule is CN(CCN(Cc1cccc(C(=O)Nc2sc3c(c2C(=O)Nc2ccc(CCc4ccc(C(=O)O)cc4)cc2)CCCC3)c1)C1CCOCC1)C(=O)CCC(=O)O. The van der Waals surface area contributed by atoms with Crippen molar-refractivity contribution in [2.75, 3.05) is 44.0 Å². The number of amides is 3. The van der Waals surface area contributed by atoms with Crippen molar-refractivity contribution in [2.45, 2.75) is 76.8 Å². The molecule has 1 aromatic heterocycles. The number of hydrogen-bond donors (Lipinski definition) is 4. The number of aryl methyl sites for hydroxylation is 3. The minimum Gasteiger partial charge on any atom is -0.481 e. The van der Waals surface area contributed by atoms with Gasteiger partial charge in [-0.3, -0.25) is 24.1 Å². The number of benzene rings is 3. The topological polar surface area (TPSA) is 166 Å². The Morgan fingerprint density at radius 2 is 1.46 bits per heavy atom. The second kappa shape index (κ2) is 19.7. The monoisotopic (exact) mass is 794 g/mol. The van der Waals surface area contributed by atoms with Gasteiger partial charge in [-0.25, -0.2) is 4.79 Å². The number of hydrogen-bond acceptors (Lipinski definition) is 8. The van der Waals surface area contributed by atoms with Crippen LogP contribution in [0.25, 0.3) is 0 Å². The van der Waals surface area contributed by atoms with Gasteiger partial charge in [-0.15, -0.1) is 11.3 Å². The van der Waals surface area contributed by atoms with Crippen LogP contribution in [0.15, 0.2) is 72.8 Å². The molecule has 0 atom stereocenters. The Labute approximate surface area is 336 Å². The van der Waals surface area contributed by atoms with Crippen molar-refractivity contribution in [2.24, 2.45) is 0 Å². The number of aromatic carboxylic acids is 1. The van der Waals surface area contributed by atoms with Gasteiger partial charge in [0.05, 0.1) is 17.5 Å². The highest BCUT2D eigenvalue weighted by atomic mass is 32.1. The van der Waals surface area contributed by atoms with E-state index in [1.807, 2.05) is 54.6 Å². The number of likely N-dealkylation sites (N-methyl/N-ethyl adjacent to an activating group) is 1. The van der Waals surface area contributed by atoms with Crippen LogP contribution in [-0.2, 0) is 46.6 Å². The number of carboxylic acids is 2. The molecule has 6 rings (SSSR count). The van der Waals surface area contributed by atoms with Gasteiger partial charge in [0.1, 0.15) is 5.00 Å². The fourth-order valence-corrected chi connectivity index (χ4v) is 8.70. The van der Waals surface area contributed by atoms with E-state index >= 15 is 0 Å². The number of carbonyl (C=O) groups is 5. The summed E-state index contributed by atoms with van der Waals surface area (Å²) in [6, 6.07) is 22.3. The average molecular weight is 795 g/mol. The van der Waals surface area contributed by atoms with Crippen LogP contribution >= 0.6 is 11.3 Å². The summed E-state index contributed by atoms with van der Waals surface area (Å²) in [7, 11) is 1.70. The summed E-state index contributed by atoms with van der Waals surface area (Å²) < 4.78 is 5.61. The Morgan fingerprint density at radius 1 is 0.772 bits per heavy atom. The van der Waals surface area contributed by atoms with Crippen molar-refractivity contribution in [3.05, 3.63) is 117 Å². The molecule has 12 nitrogen and oxygen atoms in total. The van der Waals surface area contributed by atoms with Gasteiger partial charge in [0, 0.05) is 68.5 Å².